The van der Waals surface area contributed by atoms with E-state index in [0.717, 1.165) is 31.9 Å². The number of amides is 2. The lowest BCUT2D eigenvalue weighted by Gasteiger charge is -2.37. The first-order chi connectivity index (χ1) is 11.1. The molecule has 2 aliphatic heterocycles. The highest BCUT2D eigenvalue weighted by Gasteiger charge is 2.24. The van der Waals surface area contributed by atoms with Gasteiger partial charge in [0.25, 0.3) is 0 Å². The molecule has 1 aromatic rings. The van der Waals surface area contributed by atoms with Gasteiger partial charge in [0.15, 0.2) is 0 Å². The summed E-state index contributed by atoms with van der Waals surface area (Å²) in [6.45, 7) is 5.00. The Hall–Kier alpha value is -2.28. The second-order valence-corrected chi connectivity index (χ2v) is 5.94. The van der Waals surface area contributed by atoms with Crippen molar-refractivity contribution in [1.29, 1.82) is 0 Å². The lowest BCUT2D eigenvalue weighted by Crippen LogP contribution is -2.54. The number of phenolic OH excluding ortho intramolecular Hbond substituents is 1. The van der Waals surface area contributed by atoms with Gasteiger partial charge < -0.3 is 20.2 Å². The Balaban J connectivity index is 1.48. The largest absolute Gasteiger partial charge is 0.508 e. The molecule has 2 saturated heterocycles. The van der Waals surface area contributed by atoms with Crippen LogP contribution in [0, 0.1) is 0 Å². The minimum Gasteiger partial charge on any atom is -0.508 e. The number of carbonyl (C=O) groups is 2. The van der Waals surface area contributed by atoms with Crippen LogP contribution in [0.15, 0.2) is 24.3 Å². The summed E-state index contributed by atoms with van der Waals surface area (Å²) in [5, 5.41) is 12.1. The average molecular weight is 318 g/mol. The Labute approximate surface area is 135 Å². The lowest BCUT2D eigenvalue weighted by atomic mass is 10.2. The lowest BCUT2D eigenvalue weighted by molar-refractivity contribution is -0.139. The molecule has 0 saturated carbocycles. The van der Waals surface area contributed by atoms with E-state index in [1.54, 1.807) is 17.0 Å². The minimum atomic E-state index is -0.0817. The van der Waals surface area contributed by atoms with E-state index >= 15 is 0 Å². The SMILES string of the molecule is O=C1CN(C(=O)CN2CCN(c3ccc(O)cc3)CC2)CCN1. The average Bonchev–Trinajstić information content (AvgIpc) is 2.56. The third-order valence-electron chi connectivity index (χ3n) is 4.34. The predicted octanol–water partition coefficient (Wildman–Crippen LogP) is -0.527. The Morgan fingerprint density at radius 1 is 1.09 bits per heavy atom. The number of phenols is 1. The van der Waals surface area contributed by atoms with Crippen molar-refractivity contribution < 1.29 is 14.7 Å². The summed E-state index contributed by atoms with van der Waals surface area (Å²) < 4.78 is 0. The zero-order chi connectivity index (χ0) is 16.2. The van der Waals surface area contributed by atoms with Crippen LogP contribution in [0.5, 0.6) is 5.75 Å². The summed E-state index contributed by atoms with van der Waals surface area (Å²) in [6, 6.07) is 7.18. The maximum absolute atomic E-state index is 12.3. The number of rotatable bonds is 3. The fraction of sp³-hybridized carbons (Fsp3) is 0.500. The predicted molar refractivity (Wildman–Crippen MR) is 86.3 cm³/mol. The van der Waals surface area contributed by atoms with Crippen LogP contribution in [0.1, 0.15) is 0 Å². The zero-order valence-electron chi connectivity index (χ0n) is 13.1. The molecule has 3 rings (SSSR count). The van der Waals surface area contributed by atoms with E-state index in [9.17, 15) is 14.7 Å². The van der Waals surface area contributed by atoms with Crippen molar-refractivity contribution in [3.63, 3.8) is 0 Å². The fourth-order valence-electron chi connectivity index (χ4n) is 2.97. The van der Waals surface area contributed by atoms with Crippen molar-refractivity contribution in [3.8, 4) is 5.75 Å². The highest BCUT2D eigenvalue weighted by molar-refractivity contribution is 5.86. The van der Waals surface area contributed by atoms with E-state index in [0.29, 0.717) is 19.6 Å². The first kappa shape index (κ1) is 15.6. The van der Waals surface area contributed by atoms with E-state index in [4.69, 9.17) is 0 Å². The zero-order valence-corrected chi connectivity index (χ0v) is 13.1. The topological polar surface area (TPSA) is 76.1 Å². The molecule has 0 radical (unpaired) electrons. The number of hydrogen-bond acceptors (Lipinski definition) is 5. The Morgan fingerprint density at radius 2 is 1.78 bits per heavy atom. The van der Waals surface area contributed by atoms with Gasteiger partial charge in [-0.3, -0.25) is 14.5 Å². The monoisotopic (exact) mass is 318 g/mol. The molecule has 23 heavy (non-hydrogen) atoms. The van der Waals surface area contributed by atoms with E-state index in [2.05, 4.69) is 15.1 Å². The summed E-state index contributed by atoms with van der Waals surface area (Å²) in [5.74, 6) is 0.211. The number of carbonyl (C=O) groups excluding carboxylic acids is 2. The van der Waals surface area contributed by atoms with Gasteiger partial charge >= 0.3 is 0 Å². The summed E-state index contributed by atoms with van der Waals surface area (Å²) in [7, 11) is 0. The molecule has 7 nitrogen and oxygen atoms in total. The van der Waals surface area contributed by atoms with Gasteiger partial charge in [0, 0.05) is 45.0 Å². The maximum atomic E-state index is 12.3. The second-order valence-electron chi connectivity index (χ2n) is 5.94. The molecule has 2 heterocycles. The first-order valence-corrected chi connectivity index (χ1v) is 7.92. The van der Waals surface area contributed by atoms with Crippen molar-refractivity contribution in [2.75, 3.05) is 57.3 Å². The van der Waals surface area contributed by atoms with Crippen molar-refractivity contribution >= 4 is 17.5 Å². The van der Waals surface area contributed by atoms with Gasteiger partial charge in [0.1, 0.15) is 5.75 Å². The molecule has 0 spiro atoms. The third kappa shape index (κ3) is 3.92. The molecule has 0 aromatic heterocycles. The van der Waals surface area contributed by atoms with Crippen LogP contribution in [0.25, 0.3) is 0 Å². The fourth-order valence-corrected chi connectivity index (χ4v) is 2.97. The number of nitrogens with one attached hydrogen (secondary N) is 1. The van der Waals surface area contributed by atoms with Crippen LogP contribution < -0.4 is 10.2 Å². The van der Waals surface area contributed by atoms with Gasteiger partial charge in [0.05, 0.1) is 13.1 Å². The molecule has 2 aliphatic rings. The van der Waals surface area contributed by atoms with Crippen LogP contribution in [-0.4, -0.2) is 79.1 Å². The van der Waals surface area contributed by atoms with Crippen LogP contribution in [-0.2, 0) is 9.59 Å². The summed E-state index contributed by atoms with van der Waals surface area (Å²) in [6.07, 6.45) is 0. The van der Waals surface area contributed by atoms with E-state index in [-0.39, 0.29) is 24.1 Å². The minimum absolute atomic E-state index is 0.0259. The Morgan fingerprint density at radius 3 is 2.43 bits per heavy atom. The number of benzene rings is 1. The molecule has 0 bridgehead atoms. The van der Waals surface area contributed by atoms with Gasteiger partial charge in [-0.05, 0) is 24.3 Å². The number of piperazine rings is 2. The number of nitrogens with zero attached hydrogens (tertiary/aromatic N) is 3. The van der Waals surface area contributed by atoms with Gasteiger partial charge in [-0.1, -0.05) is 0 Å². The van der Waals surface area contributed by atoms with Gasteiger partial charge in [-0.25, -0.2) is 0 Å². The first-order valence-electron chi connectivity index (χ1n) is 7.92. The second kappa shape index (κ2) is 6.87. The summed E-state index contributed by atoms with van der Waals surface area (Å²) >= 11 is 0. The number of anilines is 1. The Kier molecular flexibility index (Phi) is 4.66. The molecule has 0 atom stereocenters. The Bertz CT molecular complexity index is 567. The van der Waals surface area contributed by atoms with Crippen LogP contribution in [0.3, 0.4) is 0 Å². The highest BCUT2D eigenvalue weighted by atomic mass is 16.3. The van der Waals surface area contributed by atoms with Crippen molar-refractivity contribution in [3.05, 3.63) is 24.3 Å². The standard InChI is InChI=1S/C16H22N4O3/c21-14-3-1-13(2-4-14)19-9-7-18(8-10-19)12-16(23)20-6-5-17-15(22)11-20/h1-4,21H,5-12H2,(H,17,22). The van der Waals surface area contributed by atoms with Crippen LogP contribution in [0.2, 0.25) is 0 Å². The van der Waals surface area contributed by atoms with E-state index < -0.39 is 0 Å². The normalized spacial score (nSPS) is 19.6. The van der Waals surface area contributed by atoms with Gasteiger partial charge in [0.2, 0.25) is 11.8 Å². The highest BCUT2D eigenvalue weighted by Crippen LogP contribution is 2.19. The van der Waals surface area contributed by atoms with E-state index in [1.807, 2.05) is 12.1 Å². The molecule has 7 heteroatoms. The maximum Gasteiger partial charge on any atom is 0.239 e. The molecule has 2 N–H and O–H groups in total. The molecule has 2 fully saturated rings. The quantitative estimate of drug-likeness (QED) is 0.784. The molecule has 1 aromatic carbocycles. The molecule has 2 amide bonds. The summed E-state index contributed by atoms with van der Waals surface area (Å²) in [4.78, 5) is 29.6. The van der Waals surface area contributed by atoms with Crippen molar-refractivity contribution in [2.45, 2.75) is 0 Å². The molecule has 0 unspecified atom stereocenters. The number of aromatic hydroxyl groups is 1. The molecular weight excluding hydrogens is 296 g/mol. The molecule has 124 valence electrons. The van der Waals surface area contributed by atoms with Crippen LogP contribution in [0.4, 0.5) is 5.69 Å². The smallest absolute Gasteiger partial charge is 0.239 e. The van der Waals surface area contributed by atoms with E-state index in [1.165, 1.54) is 0 Å². The van der Waals surface area contributed by atoms with Crippen molar-refractivity contribution in [2.24, 2.45) is 0 Å². The molecular formula is C16H22N4O3. The summed E-state index contributed by atoms with van der Waals surface area (Å²) in [5.41, 5.74) is 1.08. The van der Waals surface area contributed by atoms with Crippen molar-refractivity contribution in [1.82, 2.24) is 15.1 Å². The van der Waals surface area contributed by atoms with Gasteiger partial charge in [-0.15, -0.1) is 0 Å². The molecule has 0 aliphatic carbocycles. The van der Waals surface area contributed by atoms with Gasteiger partial charge in [-0.2, -0.15) is 0 Å². The number of hydrogen-bond donors (Lipinski definition) is 2. The van der Waals surface area contributed by atoms with Crippen LogP contribution >= 0.6 is 0 Å². The third-order valence-corrected chi connectivity index (χ3v) is 4.34.